The van der Waals surface area contributed by atoms with Crippen LogP contribution in [0.15, 0.2) is 42.5 Å². The smallest absolute Gasteiger partial charge is 0.244 e. The number of hydrogen-bond donors (Lipinski definition) is 1. The summed E-state index contributed by atoms with van der Waals surface area (Å²) in [6.45, 7) is 5.05. The highest BCUT2D eigenvalue weighted by atomic mass is 35.5. The van der Waals surface area contributed by atoms with E-state index in [1.165, 1.54) is 11.0 Å². The first-order valence-corrected chi connectivity index (χ1v) is 12.6. The van der Waals surface area contributed by atoms with Crippen molar-refractivity contribution >= 4 is 50.7 Å². The summed E-state index contributed by atoms with van der Waals surface area (Å²) in [5.74, 6) is -0.897. The van der Waals surface area contributed by atoms with Gasteiger partial charge in [0.15, 0.2) is 0 Å². The maximum absolute atomic E-state index is 13.4. The number of halogens is 2. The minimum Gasteiger partial charge on any atom is -0.355 e. The molecule has 174 valence electrons. The second-order valence-corrected chi connectivity index (χ2v) is 10.1. The van der Waals surface area contributed by atoms with Crippen LogP contribution < -0.4 is 9.62 Å². The number of carbonyl (C=O) groups excluding carboxylic acids is 2. The van der Waals surface area contributed by atoms with Gasteiger partial charge in [0.05, 0.1) is 11.9 Å². The lowest BCUT2D eigenvalue weighted by Crippen LogP contribution is -2.51. The number of anilines is 1. The fraction of sp³-hybridized carbons (Fsp3) is 0.364. The molecule has 0 heterocycles. The minimum absolute atomic E-state index is 0.0446. The Labute approximate surface area is 199 Å². The molecule has 0 fully saturated rings. The van der Waals surface area contributed by atoms with Gasteiger partial charge in [-0.25, -0.2) is 8.42 Å². The van der Waals surface area contributed by atoms with Crippen LogP contribution in [0.2, 0.25) is 10.0 Å². The Morgan fingerprint density at radius 1 is 1.12 bits per heavy atom. The van der Waals surface area contributed by atoms with E-state index in [-0.39, 0.29) is 12.5 Å². The molecule has 0 saturated carbocycles. The van der Waals surface area contributed by atoms with Crippen LogP contribution in [0.25, 0.3) is 0 Å². The van der Waals surface area contributed by atoms with E-state index >= 15 is 0 Å². The summed E-state index contributed by atoms with van der Waals surface area (Å²) in [5, 5.41) is 3.48. The molecular weight excluding hydrogens is 473 g/mol. The van der Waals surface area contributed by atoms with Crippen molar-refractivity contribution < 1.29 is 18.0 Å². The van der Waals surface area contributed by atoms with E-state index in [0.717, 1.165) is 10.6 Å². The first-order chi connectivity index (χ1) is 15.0. The van der Waals surface area contributed by atoms with Crippen LogP contribution in [0.3, 0.4) is 0 Å². The molecule has 7 nitrogen and oxygen atoms in total. The molecule has 2 rings (SSSR count). The van der Waals surface area contributed by atoms with Crippen molar-refractivity contribution in [2.24, 2.45) is 0 Å². The Kier molecular flexibility index (Phi) is 8.95. The summed E-state index contributed by atoms with van der Waals surface area (Å²) in [6.07, 6.45) is 1.02. The summed E-state index contributed by atoms with van der Waals surface area (Å²) < 4.78 is 26.2. The zero-order valence-electron chi connectivity index (χ0n) is 18.4. The van der Waals surface area contributed by atoms with E-state index < -0.39 is 28.5 Å². The van der Waals surface area contributed by atoms with E-state index in [1.807, 2.05) is 0 Å². The average Bonchev–Trinajstić information content (AvgIpc) is 2.72. The monoisotopic (exact) mass is 499 g/mol. The molecule has 0 saturated heterocycles. The van der Waals surface area contributed by atoms with Gasteiger partial charge in [0.2, 0.25) is 21.8 Å². The normalized spacial score (nSPS) is 12.2. The number of nitrogens with one attached hydrogen (secondary N) is 1. The number of benzene rings is 2. The highest BCUT2D eigenvalue weighted by molar-refractivity contribution is 7.92. The largest absolute Gasteiger partial charge is 0.355 e. The van der Waals surface area contributed by atoms with E-state index in [2.05, 4.69) is 5.32 Å². The molecule has 2 aromatic carbocycles. The molecule has 0 aromatic heterocycles. The maximum atomic E-state index is 13.4. The Hall–Kier alpha value is -2.29. The minimum atomic E-state index is -3.82. The van der Waals surface area contributed by atoms with Crippen molar-refractivity contribution in [3.8, 4) is 0 Å². The van der Waals surface area contributed by atoms with Gasteiger partial charge in [-0.2, -0.15) is 0 Å². The Morgan fingerprint density at radius 3 is 2.38 bits per heavy atom. The molecule has 0 radical (unpaired) electrons. The van der Waals surface area contributed by atoms with Gasteiger partial charge < -0.3 is 10.2 Å². The first kappa shape index (κ1) is 26.0. The van der Waals surface area contributed by atoms with E-state index in [0.29, 0.717) is 33.4 Å². The summed E-state index contributed by atoms with van der Waals surface area (Å²) in [7, 11) is -3.82. The number of nitrogens with zero attached hydrogens (tertiary/aromatic N) is 2. The molecule has 0 aliphatic rings. The summed E-state index contributed by atoms with van der Waals surface area (Å²) >= 11 is 12.3. The Bertz CT molecular complexity index is 1090. The van der Waals surface area contributed by atoms with Crippen molar-refractivity contribution in [3.63, 3.8) is 0 Å². The predicted molar refractivity (Wildman–Crippen MR) is 129 cm³/mol. The van der Waals surface area contributed by atoms with Gasteiger partial charge in [-0.1, -0.05) is 47.5 Å². The summed E-state index contributed by atoms with van der Waals surface area (Å²) in [4.78, 5) is 27.3. The van der Waals surface area contributed by atoms with Crippen molar-refractivity contribution in [1.82, 2.24) is 10.2 Å². The van der Waals surface area contributed by atoms with Crippen LogP contribution in [0.1, 0.15) is 25.0 Å². The van der Waals surface area contributed by atoms with Crippen molar-refractivity contribution in [2.75, 3.05) is 23.7 Å². The van der Waals surface area contributed by atoms with Gasteiger partial charge in [-0.15, -0.1) is 0 Å². The fourth-order valence-electron chi connectivity index (χ4n) is 3.16. The number of likely N-dealkylation sites (N-methyl/N-ethyl adjacent to an activating group) is 1. The van der Waals surface area contributed by atoms with Crippen LogP contribution in [0.5, 0.6) is 0 Å². The second kappa shape index (κ2) is 11.0. The quantitative estimate of drug-likeness (QED) is 0.570. The van der Waals surface area contributed by atoms with Gasteiger partial charge in [-0.05, 0) is 50.1 Å². The highest BCUT2D eigenvalue weighted by Gasteiger charge is 2.30. The van der Waals surface area contributed by atoms with E-state index in [1.54, 1.807) is 57.2 Å². The third kappa shape index (κ3) is 6.60. The first-order valence-electron chi connectivity index (χ1n) is 10.00. The average molecular weight is 500 g/mol. The van der Waals surface area contributed by atoms with Gasteiger partial charge >= 0.3 is 0 Å². The standard InChI is InChI=1S/C22H27Cl2N3O4S/c1-5-25-22(29)16(3)26(13-17-8-6-7-9-19(17)24)21(28)14-27(32(4,30)31)20-12-18(23)11-10-15(20)2/h6-12,16H,5,13-14H2,1-4H3,(H,25,29). The number of hydrogen-bond acceptors (Lipinski definition) is 4. The van der Waals surface area contributed by atoms with E-state index in [9.17, 15) is 18.0 Å². The van der Waals surface area contributed by atoms with Gasteiger partial charge in [0.1, 0.15) is 12.6 Å². The molecule has 2 aromatic rings. The number of amides is 2. The van der Waals surface area contributed by atoms with Crippen molar-refractivity contribution in [3.05, 3.63) is 63.6 Å². The predicted octanol–water partition coefficient (Wildman–Crippen LogP) is 3.62. The Balaban J connectivity index is 2.45. The Morgan fingerprint density at radius 2 is 1.78 bits per heavy atom. The molecule has 1 atom stereocenters. The van der Waals surface area contributed by atoms with Crippen LogP contribution in [-0.2, 0) is 26.2 Å². The maximum Gasteiger partial charge on any atom is 0.244 e. The van der Waals surface area contributed by atoms with Gasteiger partial charge in [-0.3, -0.25) is 13.9 Å². The van der Waals surface area contributed by atoms with Crippen LogP contribution in [0, 0.1) is 6.92 Å². The molecule has 10 heteroatoms. The van der Waals surface area contributed by atoms with Crippen LogP contribution >= 0.6 is 23.2 Å². The second-order valence-electron chi connectivity index (χ2n) is 7.38. The van der Waals surface area contributed by atoms with E-state index in [4.69, 9.17) is 23.2 Å². The summed E-state index contributed by atoms with van der Waals surface area (Å²) in [5.41, 5.74) is 1.59. The zero-order chi connectivity index (χ0) is 24.1. The van der Waals surface area contributed by atoms with Gasteiger partial charge in [0.25, 0.3) is 0 Å². The molecular formula is C22H27Cl2N3O4S. The molecule has 1 unspecified atom stereocenters. The third-order valence-electron chi connectivity index (χ3n) is 4.94. The fourth-order valence-corrected chi connectivity index (χ4v) is 4.42. The molecule has 0 spiro atoms. The number of sulfonamides is 1. The lowest BCUT2D eigenvalue weighted by Gasteiger charge is -2.32. The summed E-state index contributed by atoms with van der Waals surface area (Å²) in [6, 6.07) is 11.0. The number of carbonyl (C=O) groups is 2. The lowest BCUT2D eigenvalue weighted by molar-refractivity contribution is -0.139. The van der Waals surface area contributed by atoms with Crippen molar-refractivity contribution in [2.45, 2.75) is 33.4 Å². The molecule has 1 N–H and O–H groups in total. The van der Waals surface area contributed by atoms with Crippen molar-refractivity contribution in [1.29, 1.82) is 0 Å². The molecule has 32 heavy (non-hydrogen) atoms. The molecule has 2 amide bonds. The topological polar surface area (TPSA) is 86.8 Å². The van der Waals surface area contributed by atoms with Gasteiger partial charge in [0, 0.05) is 23.1 Å². The zero-order valence-corrected chi connectivity index (χ0v) is 20.8. The SMILES string of the molecule is CCNC(=O)C(C)N(Cc1ccccc1Cl)C(=O)CN(c1cc(Cl)ccc1C)S(C)(=O)=O. The number of rotatable bonds is 9. The number of aryl methyl sites for hydroxylation is 1. The highest BCUT2D eigenvalue weighted by Crippen LogP contribution is 2.27. The third-order valence-corrected chi connectivity index (χ3v) is 6.67. The molecule has 0 bridgehead atoms. The molecule has 0 aliphatic carbocycles. The van der Waals surface area contributed by atoms with Crippen LogP contribution in [-0.4, -0.2) is 50.5 Å². The molecule has 0 aliphatic heterocycles. The van der Waals surface area contributed by atoms with Crippen LogP contribution in [0.4, 0.5) is 5.69 Å². The lowest BCUT2D eigenvalue weighted by atomic mass is 10.1.